The van der Waals surface area contributed by atoms with Gasteiger partial charge in [0, 0.05) is 0 Å². The molecule has 1 atom stereocenters. The van der Waals surface area contributed by atoms with Crippen molar-refractivity contribution in [2.24, 2.45) is 0 Å². The van der Waals surface area contributed by atoms with Crippen LogP contribution in [-0.4, -0.2) is 42.0 Å². The minimum Gasteiger partial charge on any atom is -0.460 e. The minimum atomic E-state index is -1.13. The summed E-state index contributed by atoms with van der Waals surface area (Å²) < 4.78 is 9.62. The number of aliphatic hydroxyl groups is 1. The number of amides is 1. The van der Waals surface area contributed by atoms with Crippen molar-refractivity contribution in [2.45, 2.75) is 32.4 Å². The average Bonchev–Trinajstić information content (AvgIpc) is 2.19. The maximum atomic E-state index is 11.3. The molecular weight excluding hydrogens is 226 g/mol. The highest BCUT2D eigenvalue weighted by molar-refractivity contribution is 5.81. The van der Waals surface area contributed by atoms with Crippen molar-refractivity contribution in [1.29, 1.82) is 0 Å². The van der Waals surface area contributed by atoms with Gasteiger partial charge in [0.15, 0.2) is 6.04 Å². The standard InChI is InChI=1S/C11H19NO5/c1-5-6-16-9(14)8(7-13)12-10(15)17-11(2,3)4/h5,8,13H,1,6-7H2,2-4H3,(H,12,15)/t8-/m0/s1. The van der Waals surface area contributed by atoms with Crippen LogP contribution in [0.15, 0.2) is 12.7 Å². The fraction of sp³-hybridized carbons (Fsp3) is 0.636. The van der Waals surface area contributed by atoms with Gasteiger partial charge in [-0.1, -0.05) is 12.7 Å². The van der Waals surface area contributed by atoms with E-state index in [2.05, 4.69) is 16.6 Å². The Morgan fingerprint density at radius 1 is 1.47 bits per heavy atom. The monoisotopic (exact) mass is 245 g/mol. The van der Waals surface area contributed by atoms with E-state index in [1.807, 2.05) is 0 Å². The molecule has 0 aromatic rings. The molecule has 0 aliphatic carbocycles. The van der Waals surface area contributed by atoms with Crippen LogP contribution in [0.3, 0.4) is 0 Å². The molecule has 6 heteroatoms. The van der Waals surface area contributed by atoms with Crippen molar-refractivity contribution in [2.75, 3.05) is 13.2 Å². The van der Waals surface area contributed by atoms with E-state index in [1.54, 1.807) is 20.8 Å². The van der Waals surface area contributed by atoms with Gasteiger partial charge in [-0.3, -0.25) is 0 Å². The Morgan fingerprint density at radius 3 is 2.47 bits per heavy atom. The summed E-state index contributed by atoms with van der Waals surface area (Å²) in [6, 6.07) is -1.13. The van der Waals surface area contributed by atoms with Crippen LogP contribution < -0.4 is 5.32 Å². The molecule has 0 saturated heterocycles. The minimum absolute atomic E-state index is 0.0192. The van der Waals surface area contributed by atoms with Gasteiger partial charge < -0.3 is 19.9 Å². The van der Waals surface area contributed by atoms with Gasteiger partial charge in [0.25, 0.3) is 0 Å². The van der Waals surface area contributed by atoms with E-state index in [4.69, 9.17) is 9.84 Å². The molecule has 2 N–H and O–H groups in total. The second kappa shape index (κ2) is 6.90. The number of esters is 1. The normalized spacial score (nSPS) is 12.5. The van der Waals surface area contributed by atoms with Crippen LogP contribution in [0, 0.1) is 0 Å². The lowest BCUT2D eigenvalue weighted by atomic mass is 10.2. The third-order valence-corrected chi connectivity index (χ3v) is 1.50. The molecule has 1 amide bonds. The van der Waals surface area contributed by atoms with Gasteiger partial charge in [-0.15, -0.1) is 0 Å². The number of hydrogen-bond acceptors (Lipinski definition) is 5. The molecule has 0 saturated carbocycles. The SMILES string of the molecule is C=CCOC(=O)[C@H](CO)NC(=O)OC(C)(C)C. The lowest BCUT2D eigenvalue weighted by Crippen LogP contribution is -2.46. The van der Waals surface area contributed by atoms with Gasteiger partial charge in [-0.25, -0.2) is 9.59 Å². The van der Waals surface area contributed by atoms with Crippen molar-refractivity contribution in [3.8, 4) is 0 Å². The molecule has 0 rings (SSSR count). The summed E-state index contributed by atoms with van der Waals surface area (Å²) in [5.74, 6) is -0.738. The predicted octanol–water partition coefficient (Wildman–Crippen LogP) is 0.601. The Bertz CT molecular complexity index is 282. The lowest BCUT2D eigenvalue weighted by Gasteiger charge is -2.21. The summed E-state index contributed by atoms with van der Waals surface area (Å²) in [4.78, 5) is 22.7. The van der Waals surface area contributed by atoms with Gasteiger partial charge >= 0.3 is 12.1 Å². The molecule has 0 aromatic carbocycles. The predicted molar refractivity (Wildman–Crippen MR) is 61.4 cm³/mol. The molecule has 0 aliphatic heterocycles. The van der Waals surface area contributed by atoms with E-state index in [0.717, 1.165) is 0 Å². The van der Waals surface area contributed by atoms with Crippen LogP contribution in [0.25, 0.3) is 0 Å². The zero-order valence-electron chi connectivity index (χ0n) is 10.4. The summed E-state index contributed by atoms with van der Waals surface area (Å²) in [5.41, 5.74) is -0.672. The Labute approximate surface area is 101 Å². The number of carbonyl (C=O) groups excluding carboxylic acids is 2. The van der Waals surface area contributed by atoms with Crippen LogP contribution in [0.5, 0.6) is 0 Å². The van der Waals surface area contributed by atoms with Crippen LogP contribution in [0.1, 0.15) is 20.8 Å². The Hall–Kier alpha value is -1.56. The maximum absolute atomic E-state index is 11.3. The van der Waals surface area contributed by atoms with Gasteiger partial charge in [0.05, 0.1) is 6.61 Å². The zero-order chi connectivity index (χ0) is 13.5. The van der Waals surface area contributed by atoms with Crippen LogP contribution >= 0.6 is 0 Å². The lowest BCUT2D eigenvalue weighted by molar-refractivity contribution is -0.145. The molecule has 6 nitrogen and oxygen atoms in total. The van der Waals surface area contributed by atoms with Crippen molar-refractivity contribution >= 4 is 12.1 Å². The number of aliphatic hydroxyl groups excluding tert-OH is 1. The first-order chi connectivity index (χ1) is 7.80. The Morgan fingerprint density at radius 2 is 2.06 bits per heavy atom. The quantitative estimate of drug-likeness (QED) is 0.547. The second-order valence-corrected chi connectivity index (χ2v) is 4.30. The van der Waals surface area contributed by atoms with E-state index in [9.17, 15) is 9.59 Å². The maximum Gasteiger partial charge on any atom is 0.408 e. The Balaban J connectivity index is 4.25. The number of alkyl carbamates (subject to hydrolysis) is 1. The molecule has 17 heavy (non-hydrogen) atoms. The average molecular weight is 245 g/mol. The van der Waals surface area contributed by atoms with Crippen LogP contribution in [0.4, 0.5) is 4.79 Å². The molecule has 0 aromatic heterocycles. The van der Waals surface area contributed by atoms with Crippen molar-refractivity contribution in [1.82, 2.24) is 5.32 Å². The molecule has 0 radical (unpaired) electrons. The second-order valence-electron chi connectivity index (χ2n) is 4.30. The van der Waals surface area contributed by atoms with E-state index in [0.29, 0.717) is 0 Å². The first-order valence-corrected chi connectivity index (χ1v) is 5.18. The van der Waals surface area contributed by atoms with E-state index < -0.39 is 30.3 Å². The first-order valence-electron chi connectivity index (χ1n) is 5.18. The summed E-state index contributed by atoms with van der Waals surface area (Å²) in [5, 5.41) is 11.2. The van der Waals surface area contributed by atoms with Gasteiger partial charge in [0.2, 0.25) is 0 Å². The fourth-order valence-corrected chi connectivity index (χ4v) is 0.871. The molecule has 98 valence electrons. The van der Waals surface area contributed by atoms with E-state index in [-0.39, 0.29) is 6.61 Å². The topological polar surface area (TPSA) is 84.9 Å². The number of hydrogen-bond donors (Lipinski definition) is 2. The highest BCUT2D eigenvalue weighted by Gasteiger charge is 2.24. The van der Waals surface area contributed by atoms with Crippen molar-refractivity contribution in [3.63, 3.8) is 0 Å². The van der Waals surface area contributed by atoms with E-state index >= 15 is 0 Å². The number of nitrogens with one attached hydrogen (secondary N) is 1. The smallest absolute Gasteiger partial charge is 0.408 e. The van der Waals surface area contributed by atoms with Crippen molar-refractivity contribution < 1.29 is 24.2 Å². The first kappa shape index (κ1) is 15.4. The van der Waals surface area contributed by atoms with Gasteiger partial charge in [-0.05, 0) is 20.8 Å². The fourth-order valence-electron chi connectivity index (χ4n) is 0.871. The number of ether oxygens (including phenoxy) is 2. The molecule has 0 fully saturated rings. The van der Waals surface area contributed by atoms with Gasteiger partial charge in [0.1, 0.15) is 12.2 Å². The molecule has 0 heterocycles. The Kier molecular flexibility index (Phi) is 6.27. The molecule has 0 bridgehead atoms. The molecule has 0 aliphatic rings. The van der Waals surface area contributed by atoms with Crippen molar-refractivity contribution in [3.05, 3.63) is 12.7 Å². The summed E-state index contributed by atoms with van der Waals surface area (Å²) in [6.07, 6.45) is 0.604. The number of carbonyl (C=O) groups is 2. The van der Waals surface area contributed by atoms with Crippen LogP contribution in [-0.2, 0) is 14.3 Å². The highest BCUT2D eigenvalue weighted by Crippen LogP contribution is 2.06. The largest absolute Gasteiger partial charge is 0.460 e. The third-order valence-electron chi connectivity index (χ3n) is 1.50. The van der Waals surface area contributed by atoms with E-state index in [1.165, 1.54) is 6.08 Å². The van der Waals surface area contributed by atoms with Gasteiger partial charge in [-0.2, -0.15) is 0 Å². The zero-order valence-corrected chi connectivity index (χ0v) is 10.4. The third kappa shape index (κ3) is 7.35. The number of rotatable bonds is 5. The van der Waals surface area contributed by atoms with Crippen LogP contribution in [0.2, 0.25) is 0 Å². The highest BCUT2D eigenvalue weighted by atomic mass is 16.6. The summed E-state index contributed by atoms with van der Waals surface area (Å²) in [6.45, 7) is 7.91. The molecular formula is C11H19NO5. The molecule has 0 spiro atoms. The summed E-state index contributed by atoms with van der Waals surface area (Å²) in [7, 11) is 0. The molecule has 0 unspecified atom stereocenters. The summed E-state index contributed by atoms with van der Waals surface area (Å²) >= 11 is 0.